The highest BCUT2D eigenvalue weighted by Gasteiger charge is 2.16. The molecule has 6 rings (SSSR count). The topological polar surface area (TPSA) is 19.0 Å². The summed E-state index contributed by atoms with van der Waals surface area (Å²) in [6.45, 7) is 4.34. The zero-order chi connectivity index (χ0) is 23.1. The minimum absolute atomic E-state index is 1.15. The van der Waals surface area contributed by atoms with Crippen molar-refractivity contribution in [3.05, 3.63) is 126 Å². The number of hydrogen-bond acceptors (Lipinski definition) is 1. The fourth-order valence-corrected chi connectivity index (χ4v) is 4.87. The Morgan fingerprint density at radius 2 is 1.06 bits per heavy atom. The number of fused-ring (bicyclic) bond motifs is 3. The summed E-state index contributed by atoms with van der Waals surface area (Å²) in [5.74, 6) is 0. The van der Waals surface area contributed by atoms with Gasteiger partial charge in [0.05, 0.1) is 0 Å². The average molecular weight is 439 g/mol. The number of rotatable bonds is 4. The SMILES string of the molecule is Cc1ccccc1N(c1ccc(-c2ccc3[nH]c4ccccc4c3c2)cc1)c1ccccc1C. The van der Waals surface area contributed by atoms with Crippen molar-refractivity contribution in [2.45, 2.75) is 13.8 Å². The van der Waals surface area contributed by atoms with Crippen LogP contribution in [0.1, 0.15) is 11.1 Å². The Morgan fingerprint density at radius 3 is 1.74 bits per heavy atom. The number of para-hydroxylation sites is 3. The van der Waals surface area contributed by atoms with Gasteiger partial charge in [0.1, 0.15) is 0 Å². The van der Waals surface area contributed by atoms with Crippen LogP contribution in [0.15, 0.2) is 115 Å². The molecule has 0 aliphatic carbocycles. The summed E-state index contributed by atoms with van der Waals surface area (Å²) in [6.07, 6.45) is 0. The fourth-order valence-electron chi connectivity index (χ4n) is 4.87. The third-order valence-electron chi connectivity index (χ3n) is 6.68. The molecule has 0 spiro atoms. The van der Waals surface area contributed by atoms with Crippen molar-refractivity contribution in [2.75, 3.05) is 4.90 Å². The maximum absolute atomic E-state index is 3.52. The maximum atomic E-state index is 3.52. The standard InChI is InChI=1S/C32H26N2/c1-22-9-3-7-13-31(22)34(32-14-8-4-10-23(32)2)26-18-15-24(16-19-26)25-17-20-30-28(21-25)27-11-5-6-12-29(27)33-30/h3-21,33H,1-2H3. The molecule has 0 fully saturated rings. The number of hydrogen-bond donors (Lipinski definition) is 1. The van der Waals surface area contributed by atoms with Crippen molar-refractivity contribution in [3.63, 3.8) is 0 Å². The molecule has 0 radical (unpaired) electrons. The van der Waals surface area contributed by atoms with E-state index in [0.717, 1.165) is 5.69 Å². The summed E-state index contributed by atoms with van der Waals surface area (Å²) in [6, 6.07) is 41.2. The number of nitrogens with zero attached hydrogens (tertiary/aromatic N) is 1. The second kappa shape index (κ2) is 8.24. The number of nitrogens with one attached hydrogen (secondary N) is 1. The second-order valence-electron chi connectivity index (χ2n) is 8.89. The highest BCUT2D eigenvalue weighted by atomic mass is 15.1. The minimum atomic E-state index is 1.15. The molecule has 0 unspecified atom stereocenters. The van der Waals surface area contributed by atoms with E-state index in [1.165, 1.54) is 55.4 Å². The number of benzene rings is 5. The number of aryl methyl sites for hydroxylation is 2. The third-order valence-corrected chi connectivity index (χ3v) is 6.68. The van der Waals surface area contributed by atoms with Crippen molar-refractivity contribution in [1.29, 1.82) is 0 Å². The molecule has 34 heavy (non-hydrogen) atoms. The van der Waals surface area contributed by atoms with Crippen LogP contribution in [0.2, 0.25) is 0 Å². The average Bonchev–Trinajstić information content (AvgIpc) is 3.25. The Bertz CT molecular complexity index is 1580. The molecule has 0 bridgehead atoms. The molecule has 0 amide bonds. The predicted octanol–water partition coefficient (Wildman–Crippen LogP) is 9.07. The predicted molar refractivity (Wildman–Crippen MR) is 145 cm³/mol. The molecule has 0 saturated heterocycles. The first-order valence-corrected chi connectivity index (χ1v) is 11.7. The number of H-pyrrole nitrogens is 1. The highest BCUT2D eigenvalue weighted by Crippen LogP contribution is 2.39. The number of anilines is 3. The van der Waals surface area contributed by atoms with Gasteiger partial charge in [0.2, 0.25) is 0 Å². The Kier molecular flexibility index (Phi) is 4.92. The molecule has 2 nitrogen and oxygen atoms in total. The van der Waals surface area contributed by atoms with Crippen LogP contribution in [0.4, 0.5) is 17.1 Å². The van der Waals surface area contributed by atoms with Crippen molar-refractivity contribution in [2.24, 2.45) is 0 Å². The van der Waals surface area contributed by atoms with Gasteiger partial charge in [-0.05, 0) is 78.6 Å². The van der Waals surface area contributed by atoms with Gasteiger partial charge in [-0.1, -0.05) is 72.8 Å². The van der Waals surface area contributed by atoms with E-state index in [1.54, 1.807) is 0 Å². The Balaban J connectivity index is 1.44. The molecule has 5 aromatic carbocycles. The Labute approximate surface area is 200 Å². The Hall–Kier alpha value is -4.30. The van der Waals surface area contributed by atoms with Gasteiger partial charge in [0, 0.05) is 38.9 Å². The van der Waals surface area contributed by atoms with Crippen LogP contribution >= 0.6 is 0 Å². The van der Waals surface area contributed by atoms with Crippen LogP contribution in [-0.4, -0.2) is 4.98 Å². The van der Waals surface area contributed by atoms with E-state index in [-0.39, 0.29) is 0 Å². The van der Waals surface area contributed by atoms with Crippen molar-refractivity contribution in [1.82, 2.24) is 4.98 Å². The van der Waals surface area contributed by atoms with Crippen LogP contribution in [0.3, 0.4) is 0 Å². The summed E-state index contributed by atoms with van der Waals surface area (Å²) in [5.41, 5.74) is 10.8. The van der Waals surface area contributed by atoms with E-state index in [1.807, 2.05) is 0 Å². The van der Waals surface area contributed by atoms with E-state index >= 15 is 0 Å². The minimum Gasteiger partial charge on any atom is -0.355 e. The number of aromatic amines is 1. The molecule has 6 aromatic rings. The molecular weight excluding hydrogens is 412 g/mol. The van der Waals surface area contributed by atoms with Crippen LogP contribution in [0.5, 0.6) is 0 Å². The lowest BCUT2D eigenvalue weighted by Gasteiger charge is -2.28. The van der Waals surface area contributed by atoms with E-state index < -0.39 is 0 Å². The molecular formula is C32H26N2. The fraction of sp³-hybridized carbons (Fsp3) is 0.0625. The van der Waals surface area contributed by atoms with Crippen molar-refractivity contribution in [3.8, 4) is 11.1 Å². The largest absolute Gasteiger partial charge is 0.355 e. The third kappa shape index (κ3) is 3.45. The molecule has 1 aromatic heterocycles. The van der Waals surface area contributed by atoms with E-state index in [2.05, 4.69) is 139 Å². The van der Waals surface area contributed by atoms with E-state index in [4.69, 9.17) is 0 Å². The van der Waals surface area contributed by atoms with Crippen LogP contribution in [-0.2, 0) is 0 Å². The molecule has 2 heteroatoms. The van der Waals surface area contributed by atoms with Gasteiger partial charge >= 0.3 is 0 Å². The lowest BCUT2D eigenvalue weighted by Crippen LogP contribution is -2.12. The first-order chi connectivity index (χ1) is 16.7. The number of aromatic nitrogens is 1. The molecule has 1 N–H and O–H groups in total. The molecule has 1 heterocycles. The first kappa shape index (κ1) is 20.3. The van der Waals surface area contributed by atoms with Gasteiger partial charge in [-0.25, -0.2) is 0 Å². The molecule has 0 saturated carbocycles. The molecule has 0 atom stereocenters. The zero-order valence-electron chi connectivity index (χ0n) is 19.4. The normalized spacial score (nSPS) is 11.2. The van der Waals surface area contributed by atoms with Gasteiger partial charge in [0.15, 0.2) is 0 Å². The molecule has 0 aliphatic rings. The van der Waals surface area contributed by atoms with E-state index in [0.29, 0.717) is 0 Å². The summed E-state index contributed by atoms with van der Waals surface area (Å²) in [7, 11) is 0. The van der Waals surface area contributed by atoms with Crippen molar-refractivity contribution >= 4 is 38.9 Å². The summed E-state index contributed by atoms with van der Waals surface area (Å²) >= 11 is 0. The highest BCUT2D eigenvalue weighted by molar-refractivity contribution is 6.08. The monoisotopic (exact) mass is 438 g/mol. The van der Waals surface area contributed by atoms with Crippen LogP contribution in [0, 0.1) is 13.8 Å². The van der Waals surface area contributed by atoms with Gasteiger partial charge in [-0.2, -0.15) is 0 Å². The molecule has 164 valence electrons. The van der Waals surface area contributed by atoms with Gasteiger partial charge in [-0.3, -0.25) is 0 Å². The summed E-state index contributed by atoms with van der Waals surface area (Å²) in [5, 5.41) is 2.53. The first-order valence-electron chi connectivity index (χ1n) is 11.7. The summed E-state index contributed by atoms with van der Waals surface area (Å²) < 4.78 is 0. The maximum Gasteiger partial charge on any atom is 0.0490 e. The summed E-state index contributed by atoms with van der Waals surface area (Å²) in [4.78, 5) is 5.88. The molecule has 0 aliphatic heterocycles. The lowest BCUT2D eigenvalue weighted by atomic mass is 10.0. The smallest absolute Gasteiger partial charge is 0.0490 e. The lowest BCUT2D eigenvalue weighted by molar-refractivity contribution is 1.23. The van der Waals surface area contributed by atoms with E-state index in [9.17, 15) is 0 Å². The Morgan fingerprint density at radius 1 is 0.500 bits per heavy atom. The van der Waals surface area contributed by atoms with Crippen molar-refractivity contribution < 1.29 is 0 Å². The van der Waals surface area contributed by atoms with Crippen LogP contribution in [0.25, 0.3) is 32.9 Å². The van der Waals surface area contributed by atoms with Gasteiger partial charge in [0.25, 0.3) is 0 Å². The second-order valence-corrected chi connectivity index (χ2v) is 8.89. The van der Waals surface area contributed by atoms with Gasteiger partial charge in [-0.15, -0.1) is 0 Å². The zero-order valence-corrected chi connectivity index (χ0v) is 19.4. The van der Waals surface area contributed by atoms with Gasteiger partial charge < -0.3 is 9.88 Å². The quantitative estimate of drug-likeness (QED) is 0.291. The van der Waals surface area contributed by atoms with Crippen LogP contribution < -0.4 is 4.90 Å².